The van der Waals surface area contributed by atoms with Gasteiger partial charge in [0.05, 0.1) is 16.3 Å². The van der Waals surface area contributed by atoms with Gasteiger partial charge >= 0.3 is 0 Å². The van der Waals surface area contributed by atoms with Gasteiger partial charge in [0.1, 0.15) is 6.04 Å². The molecule has 25 heavy (non-hydrogen) atoms. The highest BCUT2D eigenvalue weighted by Crippen LogP contribution is 2.25. The van der Waals surface area contributed by atoms with Crippen molar-refractivity contribution in [3.63, 3.8) is 0 Å². The molecular weight excluding hydrogens is 363 g/mol. The number of carbonyl (C=O) groups is 2. The van der Waals surface area contributed by atoms with E-state index in [1.165, 1.54) is 6.26 Å². The second-order valence-electron chi connectivity index (χ2n) is 5.89. The van der Waals surface area contributed by atoms with Crippen LogP contribution >= 0.6 is 23.2 Å². The minimum atomic E-state index is -0.465. The molecule has 1 aromatic carbocycles. The number of furan rings is 1. The van der Waals surface area contributed by atoms with Gasteiger partial charge < -0.3 is 14.6 Å². The zero-order valence-electron chi connectivity index (χ0n) is 13.5. The van der Waals surface area contributed by atoms with E-state index in [2.05, 4.69) is 5.32 Å². The molecule has 2 amide bonds. The van der Waals surface area contributed by atoms with E-state index in [0.29, 0.717) is 36.0 Å². The van der Waals surface area contributed by atoms with Crippen molar-refractivity contribution < 1.29 is 14.0 Å². The second-order valence-corrected chi connectivity index (χ2v) is 6.67. The summed E-state index contributed by atoms with van der Waals surface area (Å²) in [5, 5.41) is 3.89. The molecule has 2 aromatic rings. The summed E-state index contributed by atoms with van der Waals surface area (Å²) in [6, 6.07) is 8.23. The first-order valence-corrected chi connectivity index (χ1v) is 8.88. The zero-order chi connectivity index (χ0) is 17.8. The van der Waals surface area contributed by atoms with Gasteiger partial charge in [-0.05, 0) is 43.0 Å². The van der Waals surface area contributed by atoms with Crippen LogP contribution in [0.5, 0.6) is 0 Å². The van der Waals surface area contributed by atoms with Crippen LogP contribution in [-0.2, 0) is 11.2 Å². The highest BCUT2D eigenvalue weighted by Gasteiger charge is 2.35. The number of nitrogens with zero attached hydrogens (tertiary/aromatic N) is 1. The van der Waals surface area contributed by atoms with Gasteiger partial charge in [-0.1, -0.05) is 35.3 Å². The Labute approximate surface area is 155 Å². The molecule has 7 heteroatoms. The average molecular weight is 381 g/mol. The Morgan fingerprint density at radius 1 is 1.24 bits per heavy atom. The van der Waals surface area contributed by atoms with E-state index in [-0.39, 0.29) is 17.6 Å². The second kappa shape index (κ2) is 7.93. The van der Waals surface area contributed by atoms with E-state index in [1.807, 2.05) is 12.1 Å². The van der Waals surface area contributed by atoms with Crippen molar-refractivity contribution >= 4 is 35.0 Å². The fourth-order valence-electron chi connectivity index (χ4n) is 3.00. The van der Waals surface area contributed by atoms with Crippen molar-refractivity contribution in [1.82, 2.24) is 10.2 Å². The molecule has 1 N–H and O–H groups in total. The van der Waals surface area contributed by atoms with Crippen LogP contribution in [0.25, 0.3) is 0 Å². The fraction of sp³-hybridized carbons (Fsp3) is 0.333. The summed E-state index contributed by atoms with van der Waals surface area (Å²) >= 11 is 12.1. The number of hydrogen-bond acceptors (Lipinski definition) is 3. The molecule has 1 aromatic heterocycles. The normalized spacial score (nSPS) is 16.9. The smallest absolute Gasteiger partial charge is 0.290 e. The summed E-state index contributed by atoms with van der Waals surface area (Å²) in [6.07, 6.45) is 3.47. The molecular formula is C18H18Cl2N2O3. The predicted octanol–water partition coefficient (Wildman–Crippen LogP) is 3.55. The number of carbonyl (C=O) groups excluding carboxylic acids is 2. The third-order valence-corrected chi connectivity index (χ3v) is 5.13. The maximum Gasteiger partial charge on any atom is 0.290 e. The Balaban J connectivity index is 1.57. The molecule has 0 radical (unpaired) electrons. The molecule has 3 rings (SSSR count). The quantitative estimate of drug-likeness (QED) is 0.862. The zero-order valence-corrected chi connectivity index (χ0v) is 15.0. The number of amides is 2. The first kappa shape index (κ1) is 17.8. The summed E-state index contributed by atoms with van der Waals surface area (Å²) in [7, 11) is 0. The maximum absolute atomic E-state index is 12.5. The van der Waals surface area contributed by atoms with E-state index < -0.39 is 6.04 Å². The van der Waals surface area contributed by atoms with Crippen molar-refractivity contribution in [1.29, 1.82) is 0 Å². The summed E-state index contributed by atoms with van der Waals surface area (Å²) in [5.41, 5.74) is 0.879. The van der Waals surface area contributed by atoms with Crippen LogP contribution in [0.15, 0.2) is 41.0 Å². The van der Waals surface area contributed by atoms with Crippen molar-refractivity contribution in [3.8, 4) is 0 Å². The van der Waals surface area contributed by atoms with Crippen molar-refractivity contribution in [3.05, 3.63) is 58.0 Å². The molecule has 0 saturated carbocycles. The summed E-state index contributed by atoms with van der Waals surface area (Å²) in [4.78, 5) is 26.5. The first-order valence-electron chi connectivity index (χ1n) is 8.13. The van der Waals surface area contributed by atoms with Gasteiger partial charge in [0, 0.05) is 13.1 Å². The number of benzene rings is 1. The lowest BCUT2D eigenvalue weighted by molar-refractivity contribution is -0.124. The van der Waals surface area contributed by atoms with E-state index in [4.69, 9.17) is 27.6 Å². The molecule has 1 unspecified atom stereocenters. The molecule has 1 atom stereocenters. The predicted molar refractivity (Wildman–Crippen MR) is 95.9 cm³/mol. The fourth-order valence-corrected chi connectivity index (χ4v) is 3.42. The number of nitrogens with one attached hydrogen (secondary N) is 1. The Morgan fingerprint density at radius 3 is 2.84 bits per heavy atom. The number of hydrogen-bond donors (Lipinski definition) is 1. The monoisotopic (exact) mass is 380 g/mol. The minimum Gasteiger partial charge on any atom is -0.459 e. The molecule has 1 aliphatic rings. The van der Waals surface area contributed by atoms with Crippen LogP contribution in [0.2, 0.25) is 10.0 Å². The molecule has 0 bridgehead atoms. The van der Waals surface area contributed by atoms with Gasteiger partial charge in [0.15, 0.2) is 5.76 Å². The van der Waals surface area contributed by atoms with Crippen molar-refractivity contribution in [2.24, 2.45) is 0 Å². The average Bonchev–Trinajstić information content (AvgIpc) is 3.29. The van der Waals surface area contributed by atoms with Crippen LogP contribution in [-0.4, -0.2) is 35.8 Å². The summed E-state index contributed by atoms with van der Waals surface area (Å²) in [5.74, 6) is -0.151. The van der Waals surface area contributed by atoms with E-state index >= 15 is 0 Å². The van der Waals surface area contributed by atoms with Gasteiger partial charge in [0.25, 0.3) is 5.91 Å². The van der Waals surface area contributed by atoms with Crippen molar-refractivity contribution in [2.75, 3.05) is 13.1 Å². The summed E-state index contributed by atoms with van der Waals surface area (Å²) < 4.78 is 5.15. The third-order valence-electron chi connectivity index (χ3n) is 4.27. The van der Waals surface area contributed by atoms with E-state index in [9.17, 15) is 9.59 Å². The minimum absolute atomic E-state index is 0.157. The van der Waals surface area contributed by atoms with Gasteiger partial charge in [-0.15, -0.1) is 0 Å². The Bertz CT molecular complexity index is 762. The van der Waals surface area contributed by atoms with Crippen LogP contribution in [0.1, 0.15) is 29.0 Å². The Kier molecular flexibility index (Phi) is 5.66. The summed E-state index contributed by atoms with van der Waals surface area (Å²) in [6.45, 7) is 0.982. The SMILES string of the molecule is O=C(NCCc1cccc(Cl)c1Cl)C1CCCN1C(=O)c1ccco1. The topological polar surface area (TPSA) is 62.6 Å². The van der Waals surface area contributed by atoms with Crippen LogP contribution in [0.3, 0.4) is 0 Å². The largest absolute Gasteiger partial charge is 0.459 e. The molecule has 132 valence electrons. The van der Waals surface area contributed by atoms with Crippen LogP contribution < -0.4 is 5.32 Å². The molecule has 1 saturated heterocycles. The Morgan fingerprint density at radius 2 is 2.08 bits per heavy atom. The molecule has 2 heterocycles. The standard InChI is InChI=1S/C18H18Cl2N2O3/c19-13-5-1-4-12(16(13)20)8-9-21-17(23)14-6-2-10-22(14)18(24)15-7-3-11-25-15/h1,3-5,7,11,14H,2,6,8-10H2,(H,21,23). The molecule has 5 nitrogen and oxygen atoms in total. The molecule has 0 spiro atoms. The van der Waals surface area contributed by atoms with Crippen LogP contribution in [0, 0.1) is 0 Å². The van der Waals surface area contributed by atoms with Gasteiger partial charge in [-0.25, -0.2) is 0 Å². The van der Waals surface area contributed by atoms with E-state index in [1.54, 1.807) is 23.1 Å². The lowest BCUT2D eigenvalue weighted by Gasteiger charge is -2.23. The number of likely N-dealkylation sites (tertiary alicyclic amines) is 1. The first-order chi connectivity index (χ1) is 12.1. The highest BCUT2D eigenvalue weighted by atomic mass is 35.5. The van der Waals surface area contributed by atoms with E-state index in [0.717, 1.165) is 12.0 Å². The van der Waals surface area contributed by atoms with Gasteiger partial charge in [0.2, 0.25) is 5.91 Å². The maximum atomic E-state index is 12.5. The highest BCUT2D eigenvalue weighted by molar-refractivity contribution is 6.42. The van der Waals surface area contributed by atoms with Gasteiger partial charge in [-0.2, -0.15) is 0 Å². The Hall–Kier alpha value is -1.98. The number of halogens is 2. The lowest BCUT2D eigenvalue weighted by atomic mass is 10.1. The molecule has 1 fully saturated rings. The van der Waals surface area contributed by atoms with Crippen LogP contribution in [0.4, 0.5) is 0 Å². The van der Waals surface area contributed by atoms with Crippen molar-refractivity contribution in [2.45, 2.75) is 25.3 Å². The molecule has 0 aliphatic carbocycles. The number of rotatable bonds is 5. The lowest BCUT2D eigenvalue weighted by Crippen LogP contribution is -2.46. The molecule has 1 aliphatic heterocycles. The van der Waals surface area contributed by atoms with Gasteiger partial charge in [-0.3, -0.25) is 9.59 Å². The third kappa shape index (κ3) is 3.99.